The lowest BCUT2D eigenvalue weighted by Crippen LogP contribution is -2.65. The number of carbonyl (C=O) groups excluding carboxylic acids is 8. The van der Waals surface area contributed by atoms with Gasteiger partial charge in [-0.05, 0) is 0 Å². The van der Waals surface area contributed by atoms with Crippen molar-refractivity contribution >= 4 is 48.4 Å². The van der Waals surface area contributed by atoms with Crippen LogP contribution in [0.1, 0.15) is 0 Å². The molecule has 26 heteroatoms. The van der Waals surface area contributed by atoms with Crippen molar-refractivity contribution < 1.29 is 52.9 Å². The van der Waals surface area contributed by atoms with E-state index < -0.39 is 89.7 Å². The van der Waals surface area contributed by atoms with Crippen LogP contribution in [0.3, 0.4) is 0 Å². The van der Waals surface area contributed by atoms with Gasteiger partial charge < -0.3 is 43.2 Å². The first kappa shape index (κ1) is 28.4. The van der Waals surface area contributed by atoms with Gasteiger partial charge in [-0.1, -0.05) is 14.2 Å². The minimum absolute atomic E-state index is 0.641. The third-order valence-electron chi connectivity index (χ3n) is 3.01. The van der Waals surface area contributed by atoms with Crippen LogP contribution in [0.25, 0.3) is 0 Å². The minimum Gasteiger partial charge on any atom is -0.351 e. The summed E-state index contributed by atoms with van der Waals surface area (Å²) in [6.45, 7) is 0. The minimum atomic E-state index is -2.38. The van der Waals surface area contributed by atoms with Crippen molar-refractivity contribution in [3.8, 4) is 0 Å². The largest absolute Gasteiger partial charge is 0.463 e. The molecule has 0 radical (unpaired) electrons. The molecular formula is C11H12N12O14. The van der Waals surface area contributed by atoms with E-state index in [0.717, 1.165) is 0 Å². The first-order valence-electron chi connectivity index (χ1n) is 8.28. The summed E-state index contributed by atoms with van der Waals surface area (Å²) in [6, 6.07) is -9.05. The average Bonchev–Trinajstić information content (AvgIpc) is 2.73. The van der Waals surface area contributed by atoms with E-state index >= 15 is 0 Å². The quantitative estimate of drug-likeness (QED) is 0.176. The SMILES string of the molecule is NC(=O)NC(=O)On1c(=O)n(OC(=O)NC(N)=O)c(=O)n(OC(=O)N(C(N)=O)N(C(N)=O)C(N)=O)c1=O. The number of hydrogen-bond acceptors (Lipinski definition) is 14. The molecule has 200 valence electrons. The maximum Gasteiger partial charge on any atom is 0.463 e. The number of imide groups is 4. The van der Waals surface area contributed by atoms with E-state index in [0.29, 0.717) is 0 Å². The summed E-state index contributed by atoms with van der Waals surface area (Å²) in [5.74, 6) is 0. The fraction of sp³-hybridized carbons (Fsp3) is 0. The molecule has 0 aliphatic rings. The van der Waals surface area contributed by atoms with Crippen LogP contribution < -0.4 is 70.9 Å². The van der Waals surface area contributed by atoms with E-state index in [1.54, 1.807) is 0 Å². The van der Waals surface area contributed by atoms with Crippen LogP contribution in [-0.4, -0.2) is 72.6 Å². The molecular weight excluding hydrogens is 524 g/mol. The van der Waals surface area contributed by atoms with Gasteiger partial charge in [0.25, 0.3) is 0 Å². The van der Waals surface area contributed by atoms with Gasteiger partial charge in [0.1, 0.15) is 0 Å². The smallest absolute Gasteiger partial charge is 0.351 e. The molecule has 0 saturated carbocycles. The molecule has 1 aromatic rings. The van der Waals surface area contributed by atoms with E-state index in [1.807, 2.05) is 0 Å². The van der Waals surface area contributed by atoms with Gasteiger partial charge in [-0.25, -0.2) is 63.4 Å². The van der Waals surface area contributed by atoms with Crippen LogP contribution >= 0.6 is 0 Å². The molecule has 0 atom stereocenters. The van der Waals surface area contributed by atoms with E-state index in [-0.39, 0.29) is 0 Å². The van der Waals surface area contributed by atoms with Crippen LogP contribution in [0.5, 0.6) is 0 Å². The Balaban J connectivity index is 3.78. The molecule has 0 aliphatic heterocycles. The average molecular weight is 536 g/mol. The summed E-state index contributed by atoms with van der Waals surface area (Å²) in [4.78, 5) is 141. The fourth-order valence-electron chi connectivity index (χ4n) is 1.83. The highest BCUT2D eigenvalue weighted by Gasteiger charge is 2.36. The zero-order valence-corrected chi connectivity index (χ0v) is 17.3. The normalized spacial score (nSPS) is 9.73. The molecule has 0 unspecified atom stereocenters. The summed E-state index contributed by atoms with van der Waals surface area (Å²) in [5, 5.41) is 0.996. The van der Waals surface area contributed by atoms with Crippen LogP contribution in [0.4, 0.5) is 38.4 Å². The number of carbonyl (C=O) groups is 8. The van der Waals surface area contributed by atoms with E-state index in [2.05, 4.69) is 26.0 Å². The topological polar surface area (TPSA) is 391 Å². The second kappa shape index (κ2) is 11.0. The van der Waals surface area contributed by atoms with E-state index in [9.17, 15) is 52.7 Å². The molecule has 1 aromatic heterocycles. The summed E-state index contributed by atoms with van der Waals surface area (Å²) in [5.41, 5.74) is 16.9. The Hall–Kier alpha value is -6.63. The number of primary amides is 5. The van der Waals surface area contributed by atoms with Crippen LogP contribution in [0.15, 0.2) is 14.4 Å². The number of nitrogens with two attached hydrogens (primary N) is 5. The van der Waals surface area contributed by atoms with Crippen molar-refractivity contribution in [2.75, 3.05) is 0 Å². The highest BCUT2D eigenvalue weighted by molar-refractivity contribution is 6.00. The zero-order chi connectivity index (χ0) is 28.8. The predicted octanol–water partition coefficient (Wildman–Crippen LogP) is -7.09. The van der Waals surface area contributed by atoms with E-state index in [4.69, 9.17) is 17.2 Å². The van der Waals surface area contributed by atoms with Gasteiger partial charge in [0.2, 0.25) is 0 Å². The molecule has 13 amide bonds. The predicted molar refractivity (Wildman–Crippen MR) is 103 cm³/mol. The second-order valence-electron chi connectivity index (χ2n) is 5.46. The molecule has 37 heavy (non-hydrogen) atoms. The number of urea groups is 5. The lowest BCUT2D eigenvalue weighted by molar-refractivity contribution is 0.0182. The number of rotatable bonds is 3. The number of nitrogens with zero attached hydrogens (tertiary/aromatic N) is 5. The molecule has 0 spiro atoms. The number of hydrazine groups is 1. The third-order valence-corrected chi connectivity index (χ3v) is 3.01. The summed E-state index contributed by atoms with van der Waals surface area (Å²) in [6.07, 6.45) is -6.35. The second-order valence-corrected chi connectivity index (χ2v) is 5.46. The van der Waals surface area contributed by atoms with Crippen LogP contribution in [0, 0.1) is 0 Å². The van der Waals surface area contributed by atoms with Gasteiger partial charge in [0, 0.05) is 0 Å². The van der Waals surface area contributed by atoms with Gasteiger partial charge in [0.05, 0.1) is 0 Å². The lowest BCUT2D eigenvalue weighted by Gasteiger charge is -2.25. The number of nitrogens with one attached hydrogen (secondary N) is 2. The molecule has 1 heterocycles. The molecule has 0 bridgehead atoms. The first-order chi connectivity index (χ1) is 17.0. The van der Waals surface area contributed by atoms with E-state index in [1.165, 1.54) is 10.6 Å². The Morgan fingerprint density at radius 1 is 0.541 bits per heavy atom. The number of aromatic nitrogens is 3. The summed E-state index contributed by atoms with van der Waals surface area (Å²) < 4.78 is -2.51. The molecule has 0 aromatic carbocycles. The van der Waals surface area contributed by atoms with Gasteiger partial charge in [-0.15, -0.1) is 10.0 Å². The number of hydrogen-bond donors (Lipinski definition) is 7. The Bertz CT molecular complexity index is 1300. The van der Waals surface area contributed by atoms with Crippen molar-refractivity contribution in [1.29, 1.82) is 0 Å². The Kier molecular flexibility index (Phi) is 8.44. The monoisotopic (exact) mass is 536 g/mol. The molecule has 0 aliphatic carbocycles. The maximum absolute atomic E-state index is 12.5. The zero-order valence-electron chi connectivity index (χ0n) is 17.3. The Morgan fingerprint density at radius 2 is 0.838 bits per heavy atom. The van der Waals surface area contributed by atoms with Gasteiger partial charge in [-0.2, -0.15) is 0 Å². The van der Waals surface area contributed by atoms with Crippen molar-refractivity contribution in [1.82, 2.24) is 34.8 Å². The molecule has 1 rings (SSSR count). The maximum atomic E-state index is 12.5. The Morgan fingerprint density at radius 3 is 1.11 bits per heavy atom. The first-order valence-corrected chi connectivity index (χ1v) is 8.28. The summed E-state index contributed by atoms with van der Waals surface area (Å²) >= 11 is 0. The summed E-state index contributed by atoms with van der Waals surface area (Å²) in [7, 11) is 0. The van der Waals surface area contributed by atoms with Crippen molar-refractivity contribution in [3.63, 3.8) is 0 Å². The van der Waals surface area contributed by atoms with Gasteiger partial charge in [-0.3, -0.25) is 0 Å². The number of amides is 13. The molecule has 0 fully saturated rings. The van der Waals surface area contributed by atoms with Crippen LogP contribution in [0.2, 0.25) is 0 Å². The molecule has 26 nitrogen and oxygen atoms in total. The van der Waals surface area contributed by atoms with Gasteiger partial charge in [0.15, 0.2) is 0 Å². The van der Waals surface area contributed by atoms with Crippen molar-refractivity contribution in [2.45, 2.75) is 0 Å². The van der Waals surface area contributed by atoms with Crippen LogP contribution in [-0.2, 0) is 0 Å². The highest BCUT2D eigenvalue weighted by atomic mass is 16.8. The molecule has 0 saturated heterocycles. The lowest BCUT2D eigenvalue weighted by atomic mass is 10.7. The highest BCUT2D eigenvalue weighted by Crippen LogP contribution is 2.00. The van der Waals surface area contributed by atoms with Gasteiger partial charge >= 0.3 is 65.5 Å². The van der Waals surface area contributed by atoms with Crippen molar-refractivity contribution in [3.05, 3.63) is 31.5 Å². The standard InChI is InChI=1S/C11H12N12O14/c12-1(24)17-6(29)35-21-8(31)22(36-7(30)18-2(13)25)10(33)23(9(21)32)37-11(34)20(5(16)28)19(3(14)26)4(15)27/h(H2,14,26)(H2,15,27)(H2,16,28)(H3,12,17,24,29)(H3,13,18,25,30). The van der Waals surface area contributed by atoms with Crippen molar-refractivity contribution in [2.24, 2.45) is 28.7 Å². The fourth-order valence-corrected chi connectivity index (χ4v) is 1.83. The third kappa shape index (κ3) is 6.68. The molecule has 12 N–H and O–H groups in total. The Labute approximate surface area is 197 Å².